The summed E-state index contributed by atoms with van der Waals surface area (Å²) in [5.41, 5.74) is 2.13. The molecule has 0 saturated carbocycles. The second-order valence-electron chi connectivity index (χ2n) is 9.32. The van der Waals surface area contributed by atoms with Gasteiger partial charge in [0.05, 0.1) is 18.4 Å². The van der Waals surface area contributed by atoms with Gasteiger partial charge in [0, 0.05) is 21.0 Å². The van der Waals surface area contributed by atoms with E-state index in [9.17, 15) is 5.11 Å². The molecule has 7 heteroatoms. The molecule has 0 spiro atoms. The van der Waals surface area contributed by atoms with Gasteiger partial charge < -0.3 is 14.4 Å². The van der Waals surface area contributed by atoms with E-state index < -0.39 is 6.10 Å². The first-order valence-corrected chi connectivity index (χ1v) is 13.3. The van der Waals surface area contributed by atoms with Crippen LogP contribution in [0.3, 0.4) is 0 Å². The summed E-state index contributed by atoms with van der Waals surface area (Å²) in [4.78, 5) is 6.02. The third-order valence-electron chi connectivity index (χ3n) is 5.59. The quantitative estimate of drug-likeness (QED) is 0.277. The Morgan fingerprint density at radius 2 is 1.62 bits per heavy atom. The highest BCUT2D eigenvalue weighted by Gasteiger charge is 2.28. The molecule has 1 N–H and O–H groups in total. The van der Waals surface area contributed by atoms with Gasteiger partial charge in [0.15, 0.2) is 0 Å². The van der Waals surface area contributed by atoms with E-state index in [0.29, 0.717) is 35.6 Å². The van der Waals surface area contributed by atoms with Crippen LogP contribution in [0.15, 0.2) is 58.5 Å². The topological polar surface area (TPSA) is 47.3 Å². The average Bonchev–Trinajstić information content (AvgIpc) is 3.09. The maximum Gasteiger partial charge on any atom is 0.136 e. The average molecular weight is 522 g/mol. The lowest BCUT2D eigenvalue weighted by Crippen LogP contribution is -2.23. The molecule has 3 rings (SSSR count). The van der Waals surface area contributed by atoms with Gasteiger partial charge >= 0.3 is 0 Å². The van der Waals surface area contributed by atoms with Gasteiger partial charge in [-0.2, -0.15) is 0 Å². The first-order valence-electron chi connectivity index (χ1n) is 11.7. The molecule has 3 aromatic rings. The summed E-state index contributed by atoms with van der Waals surface area (Å²) in [5, 5.41) is 12.6. The number of ether oxygens (including phenoxy) is 1. The standard InChI is InChI=1S/C27H34Cl2N2O2S/c1-17(2)24(11-19(5)32)31-25(16-33-15-20-9-7-6-8-10-20)30-26(18(3)4)27(31)34-23-13-21(28)12-22(29)14-23/h6-10,12-14,17-19,24,32H,11,15-16H2,1-5H3. The first-order chi connectivity index (χ1) is 16.2. The Balaban J connectivity index is 2.04. The summed E-state index contributed by atoms with van der Waals surface area (Å²) in [6, 6.07) is 15.8. The Hall–Kier alpha value is -1.50. The number of rotatable bonds is 11. The van der Waals surface area contributed by atoms with Crippen molar-refractivity contribution in [3.05, 3.63) is 75.7 Å². The highest BCUT2D eigenvalue weighted by Crippen LogP contribution is 2.41. The summed E-state index contributed by atoms with van der Waals surface area (Å²) in [5.74, 6) is 1.37. The van der Waals surface area contributed by atoms with Gasteiger partial charge in [0.2, 0.25) is 0 Å². The zero-order valence-corrected chi connectivity index (χ0v) is 22.8. The van der Waals surface area contributed by atoms with Crippen molar-refractivity contribution in [2.45, 2.75) is 82.2 Å². The van der Waals surface area contributed by atoms with Crippen LogP contribution in [0.5, 0.6) is 0 Å². The second-order valence-corrected chi connectivity index (χ2v) is 11.3. The van der Waals surface area contributed by atoms with E-state index in [1.54, 1.807) is 17.8 Å². The molecular formula is C27H34Cl2N2O2S. The number of halogens is 2. The minimum atomic E-state index is -0.436. The molecule has 0 bridgehead atoms. The molecule has 0 amide bonds. The minimum absolute atomic E-state index is 0.0625. The maximum absolute atomic E-state index is 10.3. The molecule has 34 heavy (non-hydrogen) atoms. The van der Waals surface area contributed by atoms with Crippen molar-refractivity contribution in [2.24, 2.45) is 5.92 Å². The lowest BCUT2D eigenvalue weighted by atomic mass is 9.98. The van der Waals surface area contributed by atoms with Crippen molar-refractivity contribution in [3.63, 3.8) is 0 Å². The number of aliphatic hydroxyl groups is 1. The molecule has 0 aliphatic heterocycles. The summed E-state index contributed by atoms with van der Waals surface area (Å²) < 4.78 is 8.40. The molecule has 2 unspecified atom stereocenters. The fourth-order valence-electron chi connectivity index (χ4n) is 3.96. The summed E-state index contributed by atoms with van der Waals surface area (Å²) >= 11 is 14.2. The van der Waals surface area contributed by atoms with E-state index in [-0.39, 0.29) is 12.0 Å². The van der Waals surface area contributed by atoms with Gasteiger partial charge in [-0.1, -0.05) is 93.0 Å². The van der Waals surface area contributed by atoms with Crippen molar-refractivity contribution in [2.75, 3.05) is 0 Å². The molecule has 2 atom stereocenters. The first kappa shape index (κ1) is 27.1. The third-order valence-corrected chi connectivity index (χ3v) is 7.10. The van der Waals surface area contributed by atoms with Crippen LogP contribution in [0.4, 0.5) is 0 Å². The molecule has 1 heterocycles. The molecule has 0 radical (unpaired) electrons. The van der Waals surface area contributed by atoms with E-state index in [4.69, 9.17) is 32.9 Å². The van der Waals surface area contributed by atoms with Crippen LogP contribution in [-0.2, 0) is 18.0 Å². The largest absolute Gasteiger partial charge is 0.393 e. The normalized spacial score (nSPS) is 13.6. The van der Waals surface area contributed by atoms with E-state index in [1.165, 1.54) is 0 Å². The van der Waals surface area contributed by atoms with Crippen LogP contribution in [0.25, 0.3) is 0 Å². The van der Waals surface area contributed by atoms with Gasteiger partial charge in [-0.25, -0.2) is 4.98 Å². The summed E-state index contributed by atoms with van der Waals surface area (Å²) in [6.07, 6.45) is 0.190. The number of benzene rings is 2. The second kappa shape index (κ2) is 12.5. The Bertz CT molecular complexity index is 1050. The number of hydrogen-bond donors (Lipinski definition) is 1. The molecule has 4 nitrogen and oxygen atoms in total. The van der Waals surface area contributed by atoms with Crippen molar-refractivity contribution >= 4 is 35.0 Å². The van der Waals surface area contributed by atoms with Crippen molar-refractivity contribution in [1.82, 2.24) is 9.55 Å². The van der Waals surface area contributed by atoms with Crippen molar-refractivity contribution < 1.29 is 9.84 Å². The molecule has 0 aliphatic carbocycles. The Morgan fingerprint density at radius 1 is 0.971 bits per heavy atom. The Kier molecular flexibility index (Phi) is 9.93. The van der Waals surface area contributed by atoms with E-state index in [2.05, 4.69) is 44.4 Å². The smallest absolute Gasteiger partial charge is 0.136 e. The fourth-order valence-corrected chi connectivity index (χ4v) is 5.94. The monoisotopic (exact) mass is 520 g/mol. The fraction of sp³-hybridized carbons (Fsp3) is 0.444. The molecule has 0 fully saturated rings. The number of aliphatic hydroxyl groups excluding tert-OH is 1. The Labute approximate surface area is 217 Å². The highest BCUT2D eigenvalue weighted by atomic mass is 35.5. The summed E-state index contributed by atoms with van der Waals surface area (Å²) in [7, 11) is 0. The zero-order valence-electron chi connectivity index (χ0n) is 20.5. The van der Waals surface area contributed by atoms with Gasteiger partial charge in [-0.05, 0) is 48.9 Å². The molecule has 0 aliphatic rings. The van der Waals surface area contributed by atoms with Crippen LogP contribution < -0.4 is 0 Å². The molecule has 1 aromatic heterocycles. The third kappa shape index (κ3) is 7.25. The predicted octanol–water partition coefficient (Wildman–Crippen LogP) is 8.15. The molecular weight excluding hydrogens is 487 g/mol. The van der Waals surface area contributed by atoms with Crippen LogP contribution in [-0.4, -0.2) is 20.8 Å². The number of imidazole rings is 1. The van der Waals surface area contributed by atoms with Gasteiger partial charge in [-0.3, -0.25) is 0 Å². The van der Waals surface area contributed by atoms with E-state index in [1.807, 2.05) is 37.3 Å². The minimum Gasteiger partial charge on any atom is -0.393 e. The van der Waals surface area contributed by atoms with Crippen LogP contribution in [0.1, 0.15) is 70.1 Å². The van der Waals surface area contributed by atoms with Gasteiger partial charge in [0.1, 0.15) is 17.5 Å². The van der Waals surface area contributed by atoms with Crippen LogP contribution in [0, 0.1) is 5.92 Å². The van der Waals surface area contributed by atoms with E-state index in [0.717, 1.165) is 27.0 Å². The zero-order chi connectivity index (χ0) is 24.8. The van der Waals surface area contributed by atoms with Crippen LogP contribution in [0.2, 0.25) is 10.0 Å². The van der Waals surface area contributed by atoms with Crippen molar-refractivity contribution in [1.29, 1.82) is 0 Å². The van der Waals surface area contributed by atoms with E-state index >= 15 is 0 Å². The van der Waals surface area contributed by atoms with Crippen molar-refractivity contribution in [3.8, 4) is 0 Å². The SMILES string of the molecule is CC(O)CC(C(C)C)n1c(COCc2ccccc2)nc(C(C)C)c1Sc1cc(Cl)cc(Cl)c1. The highest BCUT2D eigenvalue weighted by molar-refractivity contribution is 7.99. The van der Waals surface area contributed by atoms with Gasteiger partial charge in [-0.15, -0.1) is 0 Å². The number of hydrogen-bond acceptors (Lipinski definition) is 4. The lowest BCUT2D eigenvalue weighted by molar-refractivity contribution is 0.0920. The lowest BCUT2D eigenvalue weighted by Gasteiger charge is -2.28. The van der Waals surface area contributed by atoms with Crippen LogP contribution >= 0.6 is 35.0 Å². The Morgan fingerprint density at radius 3 is 2.18 bits per heavy atom. The van der Waals surface area contributed by atoms with Gasteiger partial charge in [0.25, 0.3) is 0 Å². The molecule has 2 aromatic carbocycles. The number of nitrogens with zero attached hydrogens (tertiary/aromatic N) is 2. The molecule has 184 valence electrons. The summed E-state index contributed by atoms with van der Waals surface area (Å²) in [6.45, 7) is 11.4. The maximum atomic E-state index is 10.3. The molecule has 0 saturated heterocycles. The number of aromatic nitrogens is 2. The predicted molar refractivity (Wildman–Crippen MR) is 142 cm³/mol.